The van der Waals surface area contributed by atoms with E-state index < -0.39 is 0 Å². The van der Waals surface area contributed by atoms with Crippen LogP contribution in [0.25, 0.3) is 0 Å². The van der Waals surface area contributed by atoms with Gasteiger partial charge in [-0.15, -0.1) is 0 Å². The maximum atomic E-state index is 12.6. The van der Waals surface area contributed by atoms with Gasteiger partial charge in [0.2, 0.25) is 0 Å². The number of rotatable bonds is 5. The summed E-state index contributed by atoms with van der Waals surface area (Å²) in [5, 5.41) is 3.19. The van der Waals surface area contributed by atoms with Gasteiger partial charge in [0.05, 0.1) is 5.54 Å². The van der Waals surface area contributed by atoms with Gasteiger partial charge in [0.15, 0.2) is 0 Å². The lowest BCUT2D eigenvalue weighted by molar-refractivity contribution is 0.0903. The number of benzene rings is 1. The zero-order chi connectivity index (χ0) is 17.9. The second kappa shape index (κ2) is 7.75. The van der Waals surface area contributed by atoms with E-state index in [1.807, 2.05) is 12.1 Å². The van der Waals surface area contributed by atoms with Gasteiger partial charge in [-0.25, -0.2) is 0 Å². The van der Waals surface area contributed by atoms with Gasteiger partial charge >= 0.3 is 0 Å². The normalized spacial score (nSPS) is 20.9. The first-order chi connectivity index (χ1) is 12.0. The number of nitrogens with two attached hydrogens (primary N) is 1. The monoisotopic (exact) mass is 344 g/mol. The van der Waals surface area contributed by atoms with Crippen LogP contribution in [0.4, 0.5) is 5.69 Å². The topological polar surface area (TPSA) is 61.6 Å². The van der Waals surface area contributed by atoms with Crippen molar-refractivity contribution in [3.05, 3.63) is 29.8 Å². The number of hydrogen-bond acceptors (Lipinski definition) is 4. The quantitative estimate of drug-likeness (QED) is 0.860. The van der Waals surface area contributed by atoms with E-state index in [2.05, 4.69) is 41.1 Å². The molecule has 0 atom stereocenters. The Bertz CT molecular complexity index is 570. The van der Waals surface area contributed by atoms with Crippen molar-refractivity contribution in [2.24, 2.45) is 5.73 Å². The van der Waals surface area contributed by atoms with Crippen LogP contribution in [0, 0.1) is 0 Å². The number of hydrogen-bond donors (Lipinski definition) is 2. The predicted octanol–water partition coefficient (Wildman–Crippen LogP) is 2.22. The first-order valence-corrected chi connectivity index (χ1v) is 9.65. The molecule has 1 amide bonds. The number of nitrogens with zero attached hydrogens (tertiary/aromatic N) is 2. The van der Waals surface area contributed by atoms with Crippen molar-refractivity contribution in [1.29, 1.82) is 0 Å². The molecule has 0 radical (unpaired) electrons. The van der Waals surface area contributed by atoms with Gasteiger partial charge in [0.1, 0.15) is 0 Å². The van der Waals surface area contributed by atoms with Crippen molar-refractivity contribution in [2.75, 3.05) is 37.6 Å². The van der Waals surface area contributed by atoms with Crippen molar-refractivity contribution in [3.8, 4) is 0 Å². The highest BCUT2D eigenvalue weighted by Gasteiger charge is 2.34. The number of anilines is 1. The van der Waals surface area contributed by atoms with Gasteiger partial charge in [0.25, 0.3) is 5.91 Å². The Morgan fingerprint density at radius 2 is 1.72 bits per heavy atom. The summed E-state index contributed by atoms with van der Waals surface area (Å²) in [5.41, 5.74) is 7.66. The summed E-state index contributed by atoms with van der Waals surface area (Å²) in [4.78, 5) is 17.5. The Morgan fingerprint density at radius 3 is 2.24 bits per heavy atom. The average molecular weight is 345 g/mol. The van der Waals surface area contributed by atoms with Crippen LogP contribution >= 0.6 is 0 Å². The zero-order valence-corrected chi connectivity index (χ0v) is 15.6. The lowest BCUT2D eigenvalue weighted by Crippen LogP contribution is -2.51. The number of carbonyl (C=O) groups is 1. The predicted molar refractivity (Wildman–Crippen MR) is 103 cm³/mol. The van der Waals surface area contributed by atoms with Crippen LogP contribution in [0.2, 0.25) is 0 Å². The van der Waals surface area contributed by atoms with E-state index in [4.69, 9.17) is 5.73 Å². The molecular weight excluding hydrogens is 312 g/mol. The molecule has 0 aromatic heterocycles. The first kappa shape index (κ1) is 18.2. The molecule has 2 fully saturated rings. The van der Waals surface area contributed by atoms with Crippen molar-refractivity contribution >= 4 is 11.6 Å². The van der Waals surface area contributed by atoms with Crippen LogP contribution in [-0.4, -0.2) is 55.1 Å². The third-order valence-electron chi connectivity index (χ3n) is 5.87. The molecule has 1 heterocycles. The minimum absolute atomic E-state index is 0.00327. The minimum Gasteiger partial charge on any atom is -0.369 e. The van der Waals surface area contributed by atoms with Gasteiger partial charge in [-0.2, -0.15) is 0 Å². The number of carbonyl (C=O) groups excluding carboxylic acids is 1. The molecule has 0 spiro atoms. The van der Waals surface area contributed by atoms with E-state index in [9.17, 15) is 4.79 Å². The van der Waals surface area contributed by atoms with Crippen LogP contribution in [0.15, 0.2) is 24.3 Å². The lowest BCUT2D eigenvalue weighted by Gasteiger charge is -2.38. The Morgan fingerprint density at radius 1 is 1.12 bits per heavy atom. The molecule has 3 N–H and O–H groups in total. The van der Waals surface area contributed by atoms with Gasteiger partial charge in [0, 0.05) is 50.0 Å². The second-order valence-electron chi connectivity index (χ2n) is 7.81. The van der Waals surface area contributed by atoms with Crippen LogP contribution in [0.1, 0.15) is 49.9 Å². The number of piperazine rings is 1. The summed E-state index contributed by atoms with van der Waals surface area (Å²) in [6, 6.07) is 8.64. The molecule has 25 heavy (non-hydrogen) atoms. The smallest absolute Gasteiger partial charge is 0.251 e. The third-order valence-corrected chi connectivity index (χ3v) is 5.87. The Hall–Kier alpha value is -1.59. The first-order valence-electron chi connectivity index (χ1n) is 9.65. The summed E-state index contributed by atoms with van der Waals surface area (Å²) >= 11 is 0. The standard InChI is InChI=1S/C20H32N4O/c1-16(2)23-11-13-24(14-12-23)18-7-5-17(6-8-18)19(25)22-20(15-21)9-3-4-10-20/h5-8,16H,3-4,9-15,21H2,1-2H3,(H,22,25). The highest BCUT2D eigenvalue weighted by atomic mass is 16.1. The number of nitrogens with one attached hydrogen (secondary N) is 1. The van der Waals surface area contributed by atoms with Crippen molar-refractivity contribution in [3.63, 3.8) is 0 Å². The molecule has 5 heteroatoms. The maximum absolute atomic E-state index is 12.6. The Kier molecular flexibility index (Phi) is 5.64. The molecule has 5 nitrogen and oxygen atoms in total. The van der Waals surface area contributed by atoms with Crippen LogP contribution in [0.3, 0.4) is 0 Å². The molecular formula is C20H32N4O. The van der Waals surface area contributed by atoms with Crippen LogP contribution < -0.4 is 16.0 Å². The summed E-state index contributed by atoms with van der Waals surface area (Å²) in [6.07, 6.45) is 4.29. The van der Waals surface area contributed by atoms with E-state index in [-0.39, 0.29) is 11.4 Å². The third kappa shape index (κ3) is 4.15. The summed E-state index contributed by atoms with van der Waals surface area (Å²) < 4.78 is 0. The molecule has 138 valence electrons. The molecule has 1 aliphatic carbocycles. The molecule has 2 aliphatic rings. The molecule has 0 bridgehead atoms. The van der Waals surface area contributed by atoms with E-state index in [0.29, 0.717) is 12.6 Å². The average Bonchev–Trinajstić information content (AvgIpc) is 3.11. The molecule has 1 aliphatic heterocycles. The largest absolute Gasteiger partial charge is 0.369 e. The fourth-order valence-electron chi connectivity index (χ4n) is 4.07. The lowest BCUT2D eigenvalue weighted by atomic mass is 9.97. The summed E-state index contributed by atoms with van der Waals surface area (Å²) in [6.45, 7) is 9.30. The van der Waals surface area contributed by atoms with E-state index >= 15 is 0 Å². The van der Waals surface area contributed by atoms with Crippen molar-refractivity contribution in [1.82, 2.24) is 10.2 Å². The number of amides is 1. The fraction of sp³-hybridized carbons (Fsp3) is 0.650. The Labute approximate surface area is 151 Å². The van der Waals surface area contributed by atoms with E-state index in [1.54, 1.807) is 0 Å². The maximum Gasteiger partial charge on any atom is 0.251 e. The molecule has 1 aromatic carbocycles. The van der Waals surface area contributed by atoms with Crippen LogP contribution in [-0.2, 0) is 0 Å². The van der Waals surface area contributed by atoms with Gasteiger partial charge in [-0.3, -0.25) is 9.69 Å². The highest BCUT2D eigenvalue weighted by molar-refractivity contribution is 5.95. The molecule has 0 unspecified atom stereocenters. The minimum atomic E-state index is -0.192. The van der Waals surface area contributed by atoms with Crippen LogP contribution in [0.5, 0.6) is 0 Å². The summed E-state index contributed by atoms with van der Waals surface area (Å²) in [5.74, 6) is 0.00327. The van der Waals surface area contributed by atoms with Gasteiger partial charge in [-0.1, -0.05) is 12.8 Å². The van der Waals surface area contributed by atoms with E-state index in [1.165, 1.54) is 5.69 Å². The van der Waals surface area contributed by atoms with E-state index in [0.717, 1.165) is 57.4 Å². The van der Waals surface area contributed by atoms with Gasteiger partial charge < -0.3 is 16.0 Å². The zero-order valence-electron chi connectivity index (χ0n) is 15.6. The molecule has 1 aromatic rings. The van der Waals surface area contributed by atoms with Crippen molar-refractivity contribution in [2.45, 2.75) is 51.1 Å². The van der Waals surface area contributed by atoms with Crippen molar-refractivity contribution < 1.29 is 4.79 Å². The fourth-order valence-corrected chi connectivity index (χ4v) is 4.07. The molecule has 3 rings (SSSR count). The summed E-state index contributed by atoms with van der Waals surface area (Å²) in [7, 11) is 0. The molecule has 1 saturated carbocycles. The SMILES string of the molecule is CC(C)N1CCN(c2ccc(C(=O)NC3(CN)CCCC3)cc2)CC1. The highest BCUT2D eigenvalue weighted by Crippen LogP contribution is 2.29. The second-order valence-corrected chi connectivity index (χ2v) is 7.81. The molecule has 1 saturated heterocycles. The van der Waals surface area contributed by atoms with Gasteiger partial charge in [-0.05, 0) is 51.0 Å². The Balaban J connectivity index is 1.59.